The molecule has 208 valence electrons. The molecule has 0 spiro atoms. The number of carboxylic acid groups (broad SMARTS) is 1. The van der Waals surface area contributed by atoms with Crippen molar-refractivity contribution in [2.45, 2.75) is 81.8 Å². The molecule has 7 nitrogen and oxygen atoms in total. The van der Waals surface area contributed by atoms with Crippen LogP contribution in [0.5, 0.6) is 5.75 Å². The van der Waals surface area contributed by atoms with Gasteiger partial charge in [0.05, 0.1) is 24.1 Å². The van der Waals surface area contributed by atoms with Crippen LogP contribution in [0.25, 0.3) is 10.9 Å². The van der Waals surface area contributed by atoms with Gasteiger partial charge in [-0.1, -0.05) is 37.5 Å². The van der Waals surface area contributed by atoms with Gasteiger partial charge >= 0.3 is 5.97 Å². The summed E-state index contributed by atoms with van der Waals surface area (Å²) in [5.74, 6) is 0.283. The SMILES string of the molecule is COc1ccc(C2CCCCC2)c2c1cc1n2CC2=C(C(=O)O)C2=C2C=CC[C@@H](C(=O)N3CC4CCC3CN4)[C@@H]21. The highest BCUT2D eigenvalue weighted by molar-refractivity contribution is 6.05. The molecular weight excluding hydrogens is 502 g/mol. The second kappa shape index (κ2) is 9.10. The third kappa shape index (κ3) is 3.52. The number of carbonyl (C=O) groups excluding carboxylic acids is 1. The van der Waals surface area contributed by atoms with E-state index in [9.17, 15) is 14.7 Å². The standard InChI is InChI=1S/C33H37N3O4/c1-40-27-13-12-21(18-6-3-2-4-7-18)31-24(27)14-26-28-22(29-25(17-36(26)31)30(29)33(38)39)8-5-9-23(28)32(37)35-16-19-10-11-20(35)15-34-19/h5,8,12-14,18-20,23,28,34H,2-4,6-7,9-11,15-17H2,1H3,(H,38,39)/t19?,20?,23-,28-/m1/s1. The van der Waals surface area contributed by atoms with Crippen molar-refractivity contribution >= 4 is 22.8 Å². The first kappa shape index (κ1) is 24.5. The van der Waals surface area contributed by atoms with Crippen LogP contribution in [0.2, 0.25) is 0 Å². The number of allylic oxidation sites excluding steroid dienone is 4. The fourth-order valence-electron chi connectivity index (χ4n) is 8.69. The lowest BCUT2D eigenvalue weighted by atomic mass is 9.75. The molecule has 40 heavy (non-hydrogen) atoms. The first-order chi connectivity index (χ1) is 19.5. The van der Waals surface area contributed by atoms with Crippen LogP contribution >= 0.6 is 0 Å². The molecule has 4 atom stereocenters. The average molecular weight is 540 g/mol. The van der Waals surface area contributed by atoms with Gasteiger partial charge in [0, 0.05) is 48.7 Å². The highest BCUT2D eigenvalue weighted by atomic mass is 16.5. The number of hydrogen-bond acceptors (Lipinski definition) is 4. The molecule has 9 rings (SSSR count). The highest BCUT2D eigenvalue weighted by Gasteiger charge is 2.49. The van der Waals surface area contributed by atoms with Crippen molar-refractivity contribution < 1.29 is 19.4 Å². The fraction of sp³-hybridized carbons (Fsp3) is 0.515. The van der Waals surface area contributed by atoms with Gasteiger partial charge in [0.15, 0.2) is 0 Å². The molecule has 5 heterocycles. The van der Waals surface area contributed by atoms with Crippen LogP contribution in [0.15, 0.2) is 52.6 Å². The quantitative estimate of drug-likeness (QED) is 0.570. The smallest absolute Gasteiger partial charge is 0.336 e. The Morgan fingerprint density at radius 1 is 1.10 bits per heavy atom. The van der Waals surface area contributed by atoms with Crippen LogP contribution < -0.4 is 10.1 Å². The third-order valence-electron chi connectivity index (χ3n) is 10.6. The zero-order valence-corrected chi connectivity index (χ0v) is 23.1. The molecule has 1 amide bonds. The number of aliphatic carboxylic acids is 1. The van der Waals surface area contributed by atoms with E-state index in [1.165, 1.54) is 43.2 Å². The van der Waals surface area contributed by atoms with E-state index in [1.807, 2.05) is 0 Å². The van der Waals surface area contributed by atoms with Gasteiger partial charge in [0.2, 0.25) is 5.91 Å². The van der Waals surface area contributed by atoms with Gasteiger partial charge < -0.3 is 24.6 Å². The number of aromatic nitrogens is 1. The molecule has 1 aromatic carbocycles. The van der Waals surface area contributed by atoms with Gasteiger partial charge in [-0.05, 0) is 72.4 Å². The molecule has 1 aromatic heterocycles. The van der Waals surface area contributed by atoms with Crippen LogP contribution in [0.1, 0.15) is 74.5 Å². The summed E-state index contributed by atoms with van der Waals surface area (Å²) < 4.78 is 8.26. The predicted octanol–water partition coefficient (Wildman–Crippen LogP) is 5.03. The molecular formula is C33H37N3O4. The van der Waals surface area contributed by atoms with Crippen molar-refractivity contribution in [1.29, 1.82) is 0 Å². The maximum atomic E-state index is 14.4. The monoisotopic (exact) mass is 539 g/mol. The second-order valence-corrected chi connectivity index (χ2v) is 12.6. The molecule has 4 fully saturated rings. The maximum absolute atomic E-state index is 14.4. The molecule has 3 saturated heterocycles. The summed E-state index contributed by atoms with van der Waals surface area (Å²) in [4.78, 5) is 28.9. The van der Waals surface area contributed by atoms with Gasteiger partial charge in [0.1, 0.15) is 5.75 Å². The number of ether oxygens (including phenoxy) is 1. The van der Waals surface area contributed by atoms with E-state index in [1.54, 1.807) is 7.11 Å². The van der Waals surface area contributed by atoms with Crippen molar-refractivity contribution in [3.8, 4) is 5.75 Å². The molecule has 2 aromatic rings. The zero-order chi connectivity index (χ0) is 27.1. The number of methoxy groups -OCH3 is 1. The summed E-state index contributed by atoms with van der Waals surface area (Å²) in [6, 6.07) is 7.24. The van der Waals surface area contributed by atoms with Crippen molar-refractivity contribution in [3.63, 3.8) is 0 Å². The minimum Gasteiger partial charge on any atom is -0.496 e. The Morgan fingerprint density at radius 2 is 1.95 bits per heavy atom. The number of carbonyl (C=O) groups is 2. The molecule has 7 heteroatoms. The van der Waals surface area contributed by atoms with E-state index in [2.05, 4.69) is 45.1 Å². The van der Waals surface area contributed by atoms with E-state index in [0.29, 0.717) is 30.5 Å². The molecule has 1 saturated carbocycles. The number of nitrogens with one attached hydrogen (secondary N) is 1. The number of carboxylic acids is 1. The molecule has 7 aliphatic rings. The topological polar surface area (TPSA) is 83.8 Å². The van der Waals surface area contributed by atoms with Crippen LogP contribution in [-0.4, -0.2) is 58.7 Å². The second-order valence-electron chi connectivity index (χ2n) is 12.6. The number of benzene rings is 1. The minimum absolute atomic E-state index is 0.174. The van der Waals surface area contributed by atoms with Crippen LogP contribution in [-0.2, 0) is 16.1 Å². The zero-order valence-electron chi connectivity index (χ0n) is 23.1. The number of piperidine rings is 2. The number of hydrogen-bond donors (Lipinski definition) is 2. The summed E-state index contributed by atoms with van der Waals surface area (Å²) in [5, 5.41) is 14.8. The average Bonchev–Trinajstić information content (AvgIpc) is 3.64. The summed E-state index contributed by atoms with van der Waals surface area (Å²) >= 11 is 0. The highest BCUT2D eigenvalue weighted by Crippen LogP contribution is 2.55. The Kier molecular flexibility index (Phi) is 5.57. The number of amides is 1. The van der Waals surface area contributed by atoms with Gasteiger partial charge in [-0.3, -0.25) is 4.79 Å². The first-order valence-corrected chi connectivity index (χ1v) is 15.2. The Hall–Kier alpha value is -3.32. The van der Waals surface area contributed by atoms with E-state index in [-0.39, 0.29) is 23.8 Å². The van der Waals surface area contributed by atoms with E-state index in [0.717, 1.165) is 59.5 Å². The van der Waals surface area contributed by atoms with E-state index >= 15 is 0 Å². The molecule has 2 N–H and O–H groups in total. The number of nitrogens with zero attached hydrogens (tertiary/aromatic N) is 2. The van der Waals surface area contributed by atoms with Crippen LogP contribution in [0, 0.1) is 5.92 Å². The van der Waals surface area contributed by atoms with Crippen LogP contribution in [0.3, 0.4) is 0 Å². The summed E-state index contributed by atoms with van der Waals surface area (Å²) in [5.41, 5.74) is 6.91. The Labute approximate surface area is 234 Å². The van der Waals surface area contributed by atoms with E-state index < -0.39 is 5.97 Å². The van der Waals surface area contributed by atoms with Crippen molar-refractivity contribution in [2.24, 2.45) is 5.92 Å². The molecule has 3 aliphatic carbocycles. The number of piperazine rings is 1. The fourth-order valence-corrected chi connectivity index (χ4v) is 8.69. The lowest BCUT2D eigenvalue weighted by molar-refractivity contribution is -0.142. The Balaban J connectivity index is 1.32. The van der Waals surface area contributed by atoms with Crippen LogP contribution in [0.4, 0.5) is 0 Å². The van der Waals surface area contributed by atoms with E-state index in [4.69, 9.17) is 4.74 Å². The first-order valence-electron chi connectivity index (χ1n) is 15.2. The molecule has 2 unspecified atom stereocenters. The van der Waals surface area contributed by atoms with Crippen molar-refractivity contribution in [2.75, 3.05) is 20.2 Å². The summed E-state index contributed by atoms with van der Waals surface area (Å²) in [6.07, 6.45) is 13.2. The normalized spacial score (nSPS) is 29.3. The summed E-state index contributed by atoms with van der Waals surface area (Å²) in [6.45, 7) is 2.18. The Bertz CT molecular complexity index is 1530. The van der Waals surface area contributed by atoms with Gasteiger partial charge in [-0.15, -0.1) is 0 Å². The lowest BCUT2D eigenvalue weighted by Gasteiger charge is -2.48. The van der Waals surface area contributed by atoms with Gasteiger partial charge in [-0.25, -0.2) is 4.79 Å². The van der Waals surface area contributed by atoms with Crippen molar-refractivity contribution in [1.82, 2.24) is 14.8 Å². The maximum Gasteiger partial charge on any atom is 0.336 e. The number of fused-ring (bicyclic) bond motifs is 9. The molecule has 4 aliphatic heterocycles. The predicted molar refractivity (Wildman–Crippen MR) is 153 cm³/mol. The summed E-state index contributed by atoms with van der Waals surface area (Å²) in [7, 11) is 1.72. The van der Waals surface area contributed by atoms with Gasteiger partial charge in [-0.2, -0.15) is 0 Å². The molecule has 0 radical (unpaired) electrons. The number of rotatable bonds is 4. The van der Waals surface area contributed by atoms with Gasteiger partial charge in [0.25, 0.3) is 0 Å². The largest absolute Gasteiger partial charge is 0.496 e. The van der Waals surface area contributed by atoms with Crippen molar-refractivity contribution in [3.05, 3.63) is 63.9 Å². The minimum atomic E-state index is -0.859. The Morgan fingerprint density at radius 3 is 2.65 bits per heavy atom. The third-order valence-corrected chi connectivity index (χ3v) is 10.6. The lowest BCUT2D eigenvalue weighted by Crippen LogP contribution is -2.63. The molecule has 2 bridgehead atoms.